The van der Waals surface area contributed by atoms with Crippen LogP contribution in [0.5, 0.6) is 0 Å². The molecule has 1 heterocycles. The number of hydrogen-bond donors (Lipinski definition) is 0. The molecule has 158 valence electrons. The Kier molecular flexibility index (Phi) is 10.4. The lowest BCUT2D eigenvalue weighted by atomic mass is 10.1. The normalized spacial score (nSPS) is 12.0. The number of hydrogen-bond acceptors (Lipinski definition) is 4. The predicted molar refractivity (Wildman–Crippen MR) is 119 cm³/mol. The number of aromatic nitrogens is 2. The number of carbonyl (C=O) groups excluding carboxylic acids is 1. The first-order valence-corrected chi connectivity index (χ1v) is 11.2. The van der Waals surface area contributed by atoms with E-state index in [4.69, 9.17) is 4.74 Å². The van der Waals surface area contributed by atoms with E-state index in [2.05, 4.69) is 29.0 Å². The highest BCUT2D eigenvalue weighted by atomic mass is 16.5. The summed E-state index contributed by atoms with van der Waals surface area (Å²) in [5.41, 5.74) is 3.36. The Labute approximate surface area is 176 Å². The molecule has 1 unspecified atom stereocenters. The van der Waals surface area contributed by atoms with Gasteiger partial charge in [-0.25, -0.2) is 9.97 Å². The van der Waals surface area contributed by atoms with E-state index in [0.717, 1.165) is 23.4 Å². The third-order valence-corrected chi connectivity index (χ3v) is 5.13. The molecular weight excluding hydrogens is 360 g/mol. The third kappa shape index (κ3) is 8.76. The fraction of sp³-hybridized carbons (Fsp3) is 0.560. The van der Waals surface area contributed by atoms with Gasteiger partial charge in [0.05, 0.1) is 0 Å². The Morgan fingerprint density at radius 3 is 2.14 bits per heavy atom. The molecule has 0 radical (unpaired) electrons. The van der Waals surface area contributed by atoms with Crippen LogP contribution in [0.3, 0.4) is 0 Å². The van der Waals surface area contributed by atoms with Gasteiger partial charge < -0.3 is 4.74 Å². The number of benzene rings is 1. The lowest BCUT2D eigenvalue weighted by molar-refractivity contribution is -0.147. The van der Waals surface area contributed by atoms with Crippen molar-refractivity contribution in [2.24, 2.45) is 0 Å². The topological polar surface area (TPSA) is 52.1 Å². The first-order valence-electron chi connectivity index (χ1n) is 11.2. The molecule has 1 atom stereocenters. The van der Waals surface area contributed by atoms with Gasteiger partial charge in [0.15, 0.2) is 5.82 Å². The lowest BCUT2D eigenvalue weighted by Crippen LogP contribution is -2.16. The molecule has 0 bridgehead atoms. The average molecular weight is 397 g/mol. The maximum atomic E-state index is 11.4. The van der Waals surface area contributed by atoms with E-state index in [9.17, 15) is 4.79 Å². The summed E-state index contributed by atoms with van der Waals surface area (Å²) in [7, 11) is 0. The molecule has 1 aromatic carbocycles. The minimum Gasteiger partial charge on any atom is -0.462 e. The van der Waals surface area contributed by atoms with Crippen LogP contribution < -0.4 is 0 Å². The van der Waals surface area contributed by atoms with E-state index in [1.807, 2.05) is 38.4 Å². The average Bonchev–Trinajstić information content (AvgIpc) is 2.74. The van der Waals surface area contributed by atoms with Crippen LogP contribution in [0, 0.1) is 0 Å². The number of carbonyl (C=O) groups is 1. The van der Waals surface area contributed by atoms with Crippen LogP contribution in [0.4, 0.5) is 0 Å². The number of rotatable bonds is 13. The van der Waals surface area contributed by atoms with E-state index < -0.39 is 0 Å². The van der Waals surface area contributed by atoms with Crippen molar-refractivity contribution in [1.29, 1.82) is 0 Å². The monoisotopic (exact) mass is 396 g/mol. The van der Waals surface area contributed by atoms with Crippen molar-refractivity contribution in [2.45, 2.75) is 91.1 Å². The highest BCUT2D eigenvalue weighted by Crippen LogP contribution is 2.17. The zero-order chi connectivity index (χ0) is 20.9. The number of ether oxygens (including phenoxy) is 1. The molecule has 0 N–H and O–H groups in total. The number of esters is 1. The fourth-order valence-electron chi connectivity index (χ4n) is 3.39. The van der Waals surface area contributed by atoms with Gasteiger partial charge in [-0.15, -0.1) is 0 Å². The van der Waals surface area contributed by atoms with Gasteiger partial charge >= 0.3 is 5.97 Å². The molecule has 0 aliphatic heterocycles. The van der Waals surface area contributed by atoms with Crippen LogP contribution in [0.1, 0.15) is 83.3 Å². The second-order valence-corrected chi connectivity index (χ2v) is 7.84. The zero-order valence-electron chi connectivity index (χ0n) is 18.3. The summed E-state index contributed by atoms with van der Waals surface area (Å²) in [6.45, 7) is 5.99. The first kappa shape index (κ1) is 23.1. The summed E-state index contributed by atoms with van der Waals surface area (Å²) >= 11 is 0. The van der Waals surface area contributed by atoms with Crippen molar-refractivity contribution in [1.82, 2.24) is 9.97 Å². The molecule has 0 spiro atoms. The van der Waals surface area contributed by atoms with Gasteiger partial charge in [-0.05, 0) is 30.9 Å². The molecule has 2 rings (SSSR count). The summed E-state index contributed by atoms with van der Waals surface area (Å²) in [5.74, 6) is 0.601. The van der Waals surface area contributed by atoms with Gasteiger partial charge in [-0.1, -0.05) is 76.6 Å². The molecule has 2 aromatic rings. The highest BCUT2D eigenvalue weighted by molar-refractivity contribution is 5.69. The molecule has 0 aliphatic carbocycles. The van der Waals surface area contributed by atoms with Gasteiger partial charge in [0.1, 0.15) is 6.10 Å². The van der Waals surface area contributed by atoms with Gasteiger partial charge in [-0.2, -0.15) is 0 Å². The summed E-state index contributed by atoms with van der Waals surface area (Å²) in [5, 5.41) is 0. The van der Waals surface area contributed by atoms with Gasteiger partial charge in [0.2, 0.25) is 0 Å². The Morgan fingerprint density at radius 2 is 1.52 bits per heavy atom. The van der Waals surface area contributed by atoms with Crippen molar-refractivity contribution < 1.29 is 9.53 Å². The van der Waals surface area contributed by atoms with Crippen molar-refractivity contribution in [3.05, 3.63) is 47.8 Å². The summed E-state index contributed by atoms with van der Waals surface area (Å²) < 4.78 is 5.33. The Bertz CT molecular complexity index is 711. The summed E-state index contributed by atoms with van der Waals surface area (Å²) in [6, 6.07) is 8.19. The van der Waals surface area contributed by atoms with Crippen molar-refractivity contribution in [2.75, 3.05) is 0 Å². The maximum absolute atomic E-state index is 11.4. The highest BCUT2D eigenvalue weighted by Gasteiger charge is 2.09. The molecule has 4 heteroatoms. The van der Waals surface area contributed by atoms with Crippen LogP contribution in [-0.2, 0) is 22.4 Å². The Morgan fingerprint density at radius 1 is 0.897 bits per heavy atom. The molecule has 0 aliphatic rings. The van der Waals surface area contributed by atoms with E-state index in [1.54, 1.807) is 0 Å². The van der Waals surface area contributed by atoms with Crippen molar-refractivity contribution in [3.63, 3.8) is 0 Å². The maximum Gasteiger partial charge on any atom is 0.305 e. The van der Waals surface area contributed by atoms with Crippen LogP contribution in [-0.4, -0.2) is 22.0 Å². The summed E-state index contributed by atoms with van der Waals surface area (Å²) in [6.07, 6.45) is 15.2. The molecule has 4 nitrogen and oxygen atoms in total. The second kappa shape index (κ2) is 13.1. The quantitative estimate of drug-likeness (QED) is 0.294. The van der Waals surface area contributed by atoms with E-state index >= 15 is 0 Å². The van der Waals surface area contributed by atoms with E-state index in [1.165, 1.54) is 50.5 Å². The number of unbranched alkanes of at least 4 members (excludes halogenated alkanes) is 6. The van der Waals surface area contributed by atoms with Gasteiger partial charge in [-0.3, -0.25) is 4.79 Å². The molecule has 0 saturated heterocycles. The molecule has 0 fully saturated rings. The molecule has 1 aromatic heterocycles. The summed E-state index contributed by atoms with van der Waals surface area (Å²) in [4.78, 5) is 20.5. The second-order valence-electron chi connectivity index (χ2n) is 7.84. The number of aryl methyl sites for hydroxylation is 1. The Balaban J connectivity index is 1.78. The van der Waals surface area contributed by atoms with E-state index in [0.29, 0.717) is 12.8 Å². The molecular formula is C25H36N2O2. The molecule has 29 heavy (non-hydrogen) atoms. The standard InChI is InChI=1S/C25H36N2O2/c1-4-6-7-8-9-10-11-12-22-18-26-25(27-19-22)23-15-13-21(14-16-23)17-20(3)29-24(28)5-2/h13-16,18-20H,4-12,17H2,1-3H3. The Hall–Kier alpha value is -2.23. The van der Waals surface area contributed by atoms with Gasteiger partial charge in [0.25, 0.3) is 0 Å². The minimum absolute atomic E-state index is 0.115. The van der Waals surface area contributed by atoms with Crippen LogP contribution in [0.25, 0.3) is 11.4 Å². The fourth-order valence-corrected chi connectivity index (χ4v) is 3.39. The predicted octanol–water partition coefficient (Wildman–Crippen LogP) is 6.32. The largest absolute Gasteiger partial charge is 0.462 e. The smallest absolute Gasteiger partial charge is 0.305 e. The van der Waals surface area contributed by atoms with Crippen LogP contribution >= 0.6 is 0 Å². The first-order chi connectivity index (χ1) is 14.1. The number of nitrogens with zero attached hydrogens (tertiary/aromatic N) is 2. The molecule has 0 amide bonds. The van der Waals surface area contributed by atoms with E-state index in [-0.39, 0.29) is 12.1 Å². The minimum atomic E-state index is -0.154. The van der Waals surface area contributed by atoms with Crippen molar-refractivity contribution in [3.8, 4) is 11.4 Å². The lowest BCUT2D eigenvalue weighted by Gasteiger charge is -2.13. The van der Waals surface area contributed by atoms with Gasteiger partial charge in [0, 0.05) is 30.8 Å². The van der Waals surface area contributed by atoms with Crippen molar-refractivity contribution >= 4 is 5.97 Å². The van der Waals surface area contributed by atoms with Crippen LogP contribution in [0.15, 0.2) is 36.7 Å². The SMILES string of the molecule is CCCCCCCCCc1cnc(-c2ccc(CC(C)OC(=O)CC)cc2)nc1. The zero-order valence-corrected chi connectivity index (χ0v) is 18.3. The molecule has 0 saturated carbocycles. The van der Waals surface area contributed by atoms with Crippen LogP contribution in [0.2, 0.25) is 0 Å². The third-order valence-electron chi connectivity index (χ3n) is 5.13.